The van der Waals surface area contributed by atoms with Gasteiger partial charge in [0.25, 0.3) is 0 Å². The highest BCUT2D eigenvalue weighted by Crippen LogP contribution is 2.29. The van der Waals surface area contributed by atoms with E-state index in [1.807, 2.05) is 24.3 Å². The minimum Gasteiger partial charge on any atom is -0.481 e. The molecule has 1 aliphatic rings. The van der Waals surface area contributed by atoms with Gasteiger partial charge >= 0.3 is 5.97 Å². The first-order chi connectivity index (χ1) is 7.66. The number of nitrogens with one attached hydrogen (secondary N) is 1. The molecule has 16 heavy (non-hydrogen) atoms. The maximum atomic E-state index is 10.8. The predicted molar refractivity (Wildman–Crippen MR) is 63.7 cm³/mol. The second-order valence-corrected chi connectivity index (χ2v) is 4.51. The van der Waals surface area contributed by atoms with Gasteiger partial charge in [0.2, 0.25) is 0 Å². The van der Waals surface area contributed by atoms with E-state index in [0.29, 0.717) is 0 Å². The van der Waals surface area contributed by atoms with E-state index in [9.17, 15) is 4.79 Å². The molecular weight excluding hydrogens is 202 g/mol. The van der Waals surface area contributed by atoms with Crippen LogP contribution in [0.3, 0.4) is 0 Å². The standard InChI is InChI=1S/C13H17NO2/c1-9(13(15)16)11-4-6-12(7-5-11)14-8-10-2-3-10/h4-7,9-10,14H,2-3,8H2,1H3,(H,15,16). The van der Waals surface area contributed by atoms with Crippen LogP contribution in [-0.4, -0.2) is 17.6 Å². The lowest BCUT2D eigenvalue weighted by Gasteiger charge is -2.09. The van der Waals surface area contributed by atoms with Gasteiger partial charge in [0.05, 0.1) is 5.92 Å². The first-order valence-electron chi connectivity index (χ1n) is 5.73. The van der Waals surface area contributed by atoms with E-state index < -0.39 is 11.9 Å². The van der Waals surface area contributed by atoms with E-state index in [2.05, 4.69) is 5.32 Å². The Morgan fingerprint density at radius 2 is 2.06 bits per heavy atom. The van der Waals surface area contributed by atoms with Gasteiger partial charge in [0, 0.05) is 12.2 Å². The third-order valence-corrected chi connectivity index (χ3v) is 3.07. The van der Waals surface area contributed by atoms with Crippen molar-refractivity contribution in [3.8, 4) is 0 Å². The molecule has 1 aromatic rings. The monoisotopic (exact) mass is 219 g/mol. The molecule has 0 saturated heterocycles. The van der Waals surface area contributed by atoms with Crippen molar-refractivity contribution in [2.75, 3.05) is 11.9 Å². The predicted octanol–water partition coefficient (Wildman–Crippen LogP) is 2.70. The van der Waals surface area contributed by atoms with E-state index >= 15 is 0 Å². The molecule has 3 nitrogen and oxygen atoms in total. The second kappa shape index (κ2) is 4.56. The van der Waals surface area contributed by atoms with E-state index in [1.54, 1.807) is 6.92 Å². The molecule has 0 spiro atoms. The number of hydrogen-bond acceptors (Lipinski definition) is 2. The summed E-state index contributed by atoms with van der Waals surface area (Å²) in [4.78, 5) is 10.8. The van der Waals surface area contributed by atoms with Crippen LogP contribution in [0.15, 0.2) is 24.3 Å². The Morgan fingerprint density at radius 3 is 2.56 bits per heavy atom. The third kappa shape index (κ3) is 2.75. The molecule has 2 rings (SSSR count). The Morgan fingerprint density at radius 1 is 1.44 bits per heavy atom. The van der Waals surface area contributed by atoms with Gasteiger partial charge in [-0.2, -0.15) is 0 Å². The molecule has 0 amide bonds. The van der Waals surface area contributed by atoms with Crippen molar-refractivity contribution in [3.05, 3.63) is 29.8 Å². The summed E-state index contributed by atoms with van der Waals surface area (Å²) in [5, 5.41) is 12.2. The van der Waals surface area contributed by atoms with Crippen molar-refractivity contribution >= 4 is 11.7 Å². The molecule has 0 bridgehead atoms. The zero-order valence-corrected chi connectivity index (χ0v) is 9.44. The Labute approximate surface area is 95.5 Å². The van der Waals surface area contributed by atoms with Crippen LogP contribution in [0.5, 0.6) is 0 Å². The zero-order chi connectivity index (χ0) is 11.5. The van der Waals surface area contributed by atoms with Crippen LogP contribution in [0.25, 0.3) is 0 Å². The Kier molecular flexibility index (Phi) is 3.13. The largest absolute Gasteiger partial charge is 0.481 e. The van der Waals surface area contributed by atoms with Crippen molar-refractivity contribution in [2.24, 2.45) is 5.92 Å². The topological polar surface area (TPSA) is 49.3 Å². The summed E-state index contributed by atoms with van der Waals surface area (Å²) in [5.41, 5.74) is 1.93. The zero-order valence-electron chi connectivity index (χ0n) is 9.44. The number of rotatable bonds is 5. The van der Waals surface area contributed by atoms with Gasteiger partial charge in [0.1, 0.15) is 0 Å². The van der Waals surface area contributed by atoms with Crippen molar-refractivity contribution in [3.63, 3.8) is 0 Å². The van der Waals surface area contributed by atoms with Gasteiger partial charge in [-0.1, -0.05) is 12.1 Å². The van der Waals surface area contributed by atoms with Crippen LogP contribution < -0.4 is 5.32 Å². The average Bonchev–Trinajstić information content (AvgIpc) is 3.10. The van der Waals surface area contributed by atoms with E-state index in [4.69, 9.17) is 5.11 Å². The molecule has 1 aliphatic carbocycles. The number of carbonyl (C=O) groups is 1. The lowest BCUT2D eigenvalue weighted by Crippen LogP contribution is -2.08. The highest BCUT2D eigenvalue weighted by atomic mass is 16.4. The lowest BCUT2D eigenvalue weighted by atomic mass is 10.0. The molecule has 0 aliphatic heterocycles. The van der Waals surface area contributed by atoms with Gasteiger partial charge in [0.15, 0.2) is 0 Å². The summed E-state index contributed by atoms with van der Waals surface area (Å²) < 4.78 is 0. The highest BCUT2D eigenvalue weighted by molar-refractivity contribution is 5.75. The molecule has 1 fully saturated rings. The first kappa shape index (κ1) is 11.0. The fraction of sp³-hybridized carbons (Fsp3) is 0.462. The highest BCUT2D eigenvalue weighted by Gasteiger charge is 2.20. The number of carboxylic acids is 1. The maximum absolute atomic E-state index is 10.8. The SMILES string of the molecule is CC(C(=O)O)c1ccc(NCC2CC2)cc1. The normalized spacial score (nSPS) is 16.8. The average molecular weight is 219 g/mol. The molecule has 1 saturated carbocycles. The number of aliphatic carboxylic acids is 1. The lowest BCUT2D eigenvalue weighted by molar-refractivity contribution is -0.138. The van der Waals surface area contributed by atoms with Crippen LogP contribution in [0, 0.1) is 5.92 Å². The second-order valence-electron chi connectivity index (χ2n) is 4.51. The Balaban J connectivity index is 1.94. The van der Waals surface area contributed by atoms with Crippen LogP contribution in [0.4, 0.5) is 5.69 Å². The van der Waals surface area contributed by atoms with Crippen molar-refractivity contribution < 1.29 is 9.90 Å². The summed E-state index contributed by atoms with van der Waals surface area (Å²) >= 11 is 0. The van der Waals surface area contributed by atoms with Gasteiger partial charge in [-0.15, -0.1) is 0 Å². The third-order valence-electron chi connectivity index (χ3n) is 3.07. The van der Waals surface area contributed by atoms with Crippen molar-refractivity contribution in [1.82, 2.24) is 0 Å². The van der Waals surface area contributed by atoms with E-state index in [1.165, 1.54) is 12.8 Å². The van der Waals surface area contributed by atoms with Gasteiger partial charge in [-0.3, -0.25) is 4.79 Å². The van der Waals surface area contributed by atoms with Gasteiger partial charge in [-0.05, 0) is 43.4 Å². The number of carboxylic acid groups (broad SMARTS) is 1. The van der Waals surface area contributed by atoms with Crippen LogP contribution >= 0.6 is 0 Å². The first-order valence-corrected chi connectivity index (χ1v) is 5.73. The maximum Gasteiger partial charge on any atom is 0.310 e. The van der Waals surface area contributed by atoms with Crippen LogP contribution in [0.1, 0.15) is 31.2 Å². The molecule has 0 heterocycles. The summed E-state index contributed by atoms with van der Waals surface area (Å²) in [6, 6.07) is 7.68. The van der Waals surface area contributed by atoms with Crippen LogP contribution in [0.2, 0.25) is 0 Å². The molecule has 1 atom stereocenters. The van der Waals surface area contributed by atoms with Crippen LogP contribution in [-0.2, 0) is 4.79 Å². The molecule has 2 N–H and O–H groups in total. The van der Waals surface area contributed by atoms with Gasteiger partial charge in [-0.25, -0.2) is 0 Å². The van der Waals surface area contributed by atoms with E-state index in [-0.39, 0.29) is 0 Å². The summed E-state index contributed by atoms with van der Waals surface area (Å²) in [5.74, 6) is -0.367. The fourth-order valence-corrected chi connectivity index (χ4v) is 1.62. The Hall–Kier alpha value is -1.51. The number of benzene rings is 1. The molecule has 1 unspecified atom stereocenters. The smallest absolute Gasteiger partial charge is 0.310 e. The molecule has 0 radical (unpaired) electrons. The quantitative estimate of drug-likeness (QED) is 0.800. The van der Waals surface area contributed by atoms with E-state index in [0.717, 1.165) is 23.7 Å². The van der Waals surface area contributed by atoms with Gasteiger partial charge < -0.3 is 10.4 Å². The summed E-state index contributed by atoms with van der Waals surface area (Å²) in [7, 11) is 0. The molecular formula is C13H17NO2. The minimum absolute atomic E-state index is 0.433. The van der Waals surface area contributed by atoms with Crippen molar-refractivity contribution in [2.45, 2.75) is 25.7 Å². The number of anilines is 1. The fourth-order valence-electron chi connectivity index (χ4n) is 1.62. The summed E-state index contributed by atoms with van der Waals surface area (Å²) in [6.45, 7) is 2.74. The molecule has 1 aromatic carbocycles. The summed E-state index contributed by atoms with van der Waals surface area (Å²) in [6.07, 6.45) is 2.67. The minimum atomic E-state index is -0.779. The Bertz CT molecular complexity index is 368. The molecule has 3 heteroatoms. The molecule has 86 valence electrons. The van der Waals surface area contributed by atoms with Crippen molar-refractivity contribution in [1.29, 1.82) is 0 Å². The number of hydrogen-bond donors (Lipinski definition) is 2. The molecule has 0 aromatic heterocycles.